The molecule has 32 heavy (non-hydrogen) atoms. The van der Waals surface area contributed by atoms with Gasteiger partial charge in [0, 0.05) is 11.5 Å². The van der Waals surface area contributed by atoms with Gasteiger partial charge in [-0.3, -0.25) is 0 Å². The average Bonchev–Trinajstić information content (AvgIpc) is 2.69. The molecule has 1 N–H and O–H groups in total. The van der Waals surface area contributed by atoms with E-state index in [4.69, 9.17) is 4.74 Å². The fraction of sp³-hybridized carbons (Fsp3) is 0.429. The molecule has 0 saturated heterocycles. The summed E-state index contributed by atoms with van der Waals surface area (Å²) >= 11 is 0. The number of rotatable bonds is 2. The Labute approximate surface area is 191 Å². The second-order valence-electron chi connectivity index (χ2n) is 10.9. The number of carbonyl (C=O) groups excluding carboxylic acids is 1. The van der Waals surface area contributed by atoms with Crippen molar-refractivity contribution in [2.24, 2.45) is 0 Å². The predicted molar refractivity (Wildman–Crippen MR) is 126 cm³/mol. The molecule has 0 amide bonds. The molecule has 4 nitrogen and oxygen atoms in total. The SMILES string of the molecule is CC(C)(C)c1cc(OC(=O)C#Cc2ccc3c(c2)C(C)(C)CCC3(C)C)ccc1C(=O)O. The Kier molecular flexibility index (Phi) is 6.00. The first kappa shape index (κ1) is 23.6. The minimum Gasteiger partial charge on any atom is -0.478 e. The first-order valence-corrected chi connectivity index (χ1v) is 11.0. The summed E-state index contributed by atoms with van der Waals surface area (Å²) in [5.41, 5.74) is 3.99. The fourth-order valence-corrected chi connectivity index (χ4v) is 4.32. The molecule has 168 valence electrons. The number of fused-ring (bicyclic) bond motifs is 1. The van der Waals surface area contributed by atoms with Gasteiger partial charge in [-0.1, -0.05) is 60.5 Å². The highest BCUT2D eigenvalue weighted by atomic mass is 16.5. The maximum atomic E-state index is 12.4. The van der Waals surface area contributed by atoms with Crippen LogP contribution in [0.1, 0.15) is 93.9 Å². The lowest BCUT2D eigenvalue weighted by Crippen LogP contribution is -2.33. The zero-order chi connectivity index (χ0) is 23.9. The van der Waals surface area contributed by atoms with Crippen LogP contribution in [0.25, 0.3) is 0 Å². The Morgan fingerprint density at radius 2 is 1.56 bits per heavy atom. The average molecular weight is 433 g/mol. The summed E-state index contributed by atoms with van der Waals surface area (Å²) < 4.78 is 5.39. The molecule has 0 radical (unpaired) electrons. The zero-order valence-corrected chi connectivity index (χ0v) is 20.1. The van der Waals surface area contributed by atoms with E-state index in [1.807, 2.05) is 26.8 Å². The van der Waals surface area contributed by atoms with Gasteiger partial charge in [0.05, 0.1) is 5.56 Å². The molecule has 1 aliphatic rings. The van der Waals surface area contributed by atoms with Crippen LogP contribution in [-0.4, -0.2) is 17.0 Å². The highest BCUT2D eigenvalue weighted by Crippen LogP contribution is 2.45. The highest BCUT2D eigenvalue weighted by Gasteiger charge is 2.36. The number of carbonyl (C=O) groups is 2. The zero-order valence-electron chi connectivity index (χ0n) is 20.1. The Morgan fingerprint density at radius 3 is 2.16 bits per heavy atom. The van der Waals surface area contributed by atoms with Crippen molar-refractivity contribution in [3.05, 3.63) is 64.2 Å². The Morgan fingerprint density at radius 1 is 0.938 bits per heavy atom. The number of ether oxygens (including phenoxy) is 1. The van der Waals surface area contributed by atoms with Crippen molar-refractivity contribution in [1.29, 1.82) is 0 Å². The maximum absolute atomic E-state index is 12.4. The monoisotopic (exact) mass is 432 g/mol. The Balaban J connectivity index is 1.85. The van der Waals surface area contributed by atoms with Gasteiger partial charge in [-0.2, -0.15) is 0 Å². The van der Waals surface area contributed by atoms with Gasteiger partial charge in [-0.15, -0.1) is 0 Å². The Hall–Kier alpha value is -3.06. The van der Waals surface area contributed by atoms with Crippen LogP contribution in [0.5, 0.6) is 5.75 Å². The van der Waals surface area contributed by atoms with Gasteiger partial charge in [0.25, 0.3) is 0 Å². The topological polar surface area (TPSA) is 63.6 Å². The molecule has 0 aromatic heterocycles. The van der Waals surface area contributed by atoms with Crippen molar-refractivity contribution in [1.82, 2.24) is 0 Å². The van der Waals surface area contributed by atoms with Gasteiger partial charge in [0.15, 0.2) is 0 Å². The van der Waals surface area contributed by atoms with E-state index >= 15 is 0 Å². The van der Waals surface area contributed by atoms with Crippen LogP contribution in [0.15, 0.2) is 36.4 Å². The number of aromatic carboxylic acids is 1. The molecule has 0 fully saturated rings. The second kappa shape index (κ2) is 8.13. The third-order valence-corrected chi connectivity index (χ3v) is 6.40. The standard InChI is InChI=1S/C28H32O4/c1-26(2,3)22-17-19(10-11-20(22)25(30)31)32-24(29)13-9-18-8-12-21-23(16-18)28(6,7)15-14-27(21,4)5/h8,10-12,16-17H,14-15H2,1-7H3,(H,30,31). The fourth-order valence-electron chi connectivity index (χ4n) is 4.32. The summed E-state index contributed by atoms with van der Waals surface area (Å²) in [6.07, 6.45) is 2.25. The number of esters is 1. The van der Waals surface area contributed by atoms with Gasteiger partial charge < -0.3 is 9.84 Å². The highest BCUT2D eigenvalue weighted by molar-refractivity contribution is 5.92. The van der Waals surface area contributed by atoms with E-state index in [2.05, 4.69) is 51.7 Å². The number of benzene rings is 2. The van der Waals surface area contributed by atoms with E-state index in [0.717, 1.165) is 18.4 Å². The number of hydrogen-bond donors (Lipinski definition) is 1. The van der Waals surface area contributed by atoms with E-state index in [9.17, 15) is 14.7 Å². The van der Waals surface area contributed by atoms with Crippen molar-refractivity contribution < 1.29 is 19.4 Å². The lowest BCUT2D eigenvalue weighted by atomic mass is 9.63. The first-order valence-electron chi connectivity index (χ1n) is 11.0. The van der Waals surface area contributed by atoms with Crippen molar-refractivity contribution in [2.75, 3.05) is 0 Å². The molecule has 0 aliphatic heterocycles. The molecule has 0 heterocycles. The summed E-state index contributed by atoms with van der Waals surface area (Å²) in [6, 6.07) is 10.7. The van der Waals surface area contributed by atoms with E-state index in [1.54, 1.807) is 6.07 Å². The number of hydrogen-bond acceptors (Lipinski definition) is 3. The third kappa shape index (κ3) is 4.88. The van der Waals surface area contributed by atoms with Crippen molar-refractivity contribution >= 4 is 11.9 Å². The maximum Gasteiger partial charge on any atom is 0.390 e. The predicted octanol–water partition coefficient (Wildman–Crippen LogP) is 5.99. The summed E-state index contributed by atoms with van der Waals surface area (Å²) in [5, 5.41) is 9.44. The van der Waals surface area contributed by atoms with E-state index in [-0.39, 0.29) is 22.1 Å². The van der Waals surface area contributed by atoms with Crippen molar-refractivity contribution in [3.8, 4) is 17.6 Å². The van der Waals surface area contributed by atoms with E-state index in [0.29, 0.717) is 5.56 Å². The molecule has 0 unspecified atom stereocenters. The number of carboxylic acid groups (broad SMARTS) is 1. The molecule has 2 aromatic rings. The van der Waals surface area contributed by atoms with Gasteiger partial charge >= 0.3 is 11.9 Å². The van der Waals surface area contributed by atoms with Crippen LogP contribution in [0.2, 0.25) is 0 Å². The summed E-state index contributed by atoms with van der Waals surface area (Å²) in [7, 11) is 0. The summed E-state index contributed by atoms with van der Waals surface area (Å²) in [4.78, 5) is 23.9. The van der Waals surface area contributed by atoms with Crippen molar-refractivity contribution in [3.63, 3.8) is 0 Å². The van der Waals surface area contributed by atoms with Crippen LogP contribution in [0.4, 0.5) is 0 Å². The molecular formula is C28H32O4. The van der Waals surface area contributed by atoms with Gasteiger partial charge in [0.1, 0.15) is 5.75 Å². The second-order valence-corrected chi connectivity index (χ2v) is 10.9. The Bertz CT molecular complexity index is 1130. The third-order valence-electron chi connectivity index (χ3n) is 6.40. The first-order chi connectivity index (χ1) is 14.7. The molecule has 1 aliphatic carbocycles. The lowest BCUT2D eigenvalue weighted by Gasteiger charge is -2.41. The van der Waals surface area contributed by atoms with E-state index < -0.39 is 17.4 Å². The molecule has 0 saturated carbocycles. The summed E-state index contributed by atoms with van der Waals surface area (Å²) in [6.45, 7) is 14.8. The van der Waals surface area contributed by atoms with Crippen LogP contribution in [0, 0.1) is 11.8 Å². The largest absolute Gasteiger partial charge is 0.478 e. The van der Waals surface area contributed by atoms with E-state index in [1.165, 1.54) is 23.3 Å². The molecule has 3 rings (SSSR count). The molecule has 2 aromatic carbocycles. The number of carboxylic acids is 1. The smallest absolute Gasteiger partial charge is 0.390 e. The van der Waals surface area contributed by atoms with Crippen LogP contribution < -0.4 is 4.74 Å². The summed E-state index contributed by atoms with van der Waals surface area (Å²) in [5.74, 6) is 4.11. The van der Waals surface area contributed by atoms with Gasteiger partial charge in [-0.25, -0.2) is 9.59 Å². The molecule has 0 bridgehead atoms. The molecular weight excluding hydrogens is 400 g/mol. The normalized spacial score (nSPS) is 16.3. The molecule has 0 spiro atoms. The quantitative estimate of drug-likeness (QED) is 0.360. The molecule has 0 atom stereocenters. The minimum absolute atomic E-state index is 0.0678. The van der Waals surface area contributed by atoms with Gasteiger partial charge in [0.2, 0.25) is 0 Å². The lowest BCUT2D eigenvalue weighted by molar-refractivity contribution is -0.128. The van der Waals surface area contributed by atoms with Gasteiger partial charge in [-0.05, 0) is 76.1 Å². The minimum atomic E-state index is -1.01. The van der Waals surface area contributed by atoms with Crippen LogP contribution in [-0.2, 0) is 21.0 Å². The van der Waals surface area contributed by atoms with Crippen LogP contribution >= 0.6 is 0 Å². The van der Waals surface area contributed by atoms with Crippen LogP contribution in [0.3, 0.4) is 0 Å². The van der Waals surface area contributed by atoms with Crippen molar-refractivity contribution in [2.45, 2.75) is 77.6 Å². The molecule has 4 heteroatoms.